The van der Waals surface area contributed by atoms with Crippen molar-refractivity contribution in [3.8, 4) is 0 Å². The van der Waals surface area contributed by atoms with Crippen molar-refractivity contribution >= 4 is 18.1 Å². The first-order valence-electron chi connectivity index (χ1n) is 2.77. The number of aliphatic hydroxyl groups is 2. The van der Waals surface area contributed by atoms with Gasteiger partial charge in [-0.1, -0.05) is 0 Å². The second-order valence-corrected chi connectivity index (χ2v) is 1.51. The van der Waals surface area contributed by atoms with Crippen LogP contribution >= 0.6 is 0 Å². The van der Waals surface area contributed by atoms with Crippen LogP contribution in [0.3, 0.4) is 0 Å². The maximum Gasteiger partial charge on any atom is 0.524 e. The first-order chi connectivity index (χ1) is 5.60. The van der Waals surface area contributed by atoms with Crippen LogP contribution in [0.15, 0.2) is 0 Å². The highest BCUT2D eigenvalue weighted by atomic mass is 16.8. The van der Waals surface area contributed by atoms with E-state index in [1.54, 1.807) is 0 Å². The Morgan fingerprint density at radius 2 is 1.25 bits per heavy atom. The van der Waals surface area contributed by atoms with Gasteiger partial charge in [0.2, 0.25) is 0 Å². The van der Waals surface area contributed by atoms with Crippen molar-refractivity contribution in [2.75, 3.05) is 13.2 Å². The lowest BCUT2D eigenvalue weighted by Crippen LogP contribution is -2.21. The van der Waals surface area contributed by atoms with Gasteiger partial charge in [-0.15, -0.1) is 0 Å². The largest absolute Gasteiger partial charge is 0.524 e. The van der Waals surface area contributed by atoms with Crippen LogP contribution in [-0.2, 0) is 19.1 Å². The zero-order valence-electron chi connectivity index (χ0n) is 5.85. The van der Waals surface area contributed by atoms with E-state index in [9.17, 15) is 14.4 Å². The molecule has 0 aromatic rings. The summed E-state index contributed by atoms with van der Waals surface area (Å²) in [7, 11) is 0. The summed E-state index contributed by atoms with van der Waals surface area (Å²) in [5, 5.41) is 16.1. The summed E-state index contributed by atoms with van der Waals surface area (Å²) >= 11 is 0. The topological polar surface area (TPSA) is 110 Å². The standard InChI is InChI=1S/C5H6O7/c6-1-3(8)11-5(10)12-4(9)2-7/h6-7H,1-2H2. The molecule has 12 heavy (non-hydrogen) atoms. The highest BCUT2D eigenvalue weighted by molar-refractivity contribution is 5.88. The molecule has 0 bridgehead atoms. The van der Waals surface area contributed by atoms with Gasteiger partial charge < -0.3 is 19.7 Å². The molecule has 0 rings (SSSR count). The van der Waals surface area contributed by atoms with Crippen molar-refractivity contribution in [3.05, 3.63) is 0 Å². The van der Waals surface area contributed by atoms with Crippen LogP contribution in [0.1, 0.15) is 0 Å². The zero-order chi connectivity index (χ0) is 9.56. The molecular weight excluding hydrogens is 172 g/mol. The number of rotatable bonds is 2. The fraction of sp³-hybridized carbons (Fsp3) is 0.400. The summed E-state index contributed by atoms with van der Waals surface area (Å²) in [5.41, 5.74) is 0. The minimum absolute atomic E-state index is 0.998. The Labute approximate surface area is 66.5 Å². The lowest BCUT2D eigenvalue weighted by atomic mass is 10.7. The normalized spacial score (nSPS) is 8.83. The minimum atomic E-state index is -1.58. The van der Waals surface area contributed by atoms with Crippen molar-refractivity contribution in [1.29, 1.82) is 0 Å². The third kappa shape index (κ3) is 4.36. The smallest absolute Gasteiger partial charge is 0.385 e. The van der Waals surface area contributed by atoms with Crippen molar-refractivity contribution < 1.29 is 34.1 Å². The van der Waals surface area contributed by atoms with Gasteiger partial charge >= 0.3 is 18.1 Å². The molecule has 0 atom stereocenters. The molecule has 0 aliphatic carbocycles. The Hall–Kier alpha value is -1.47. The molecule has 0 heterocycles. The van der Waals surface area contributed by atoms with Gasteiger partial charge in [0, 0.05) is 0 Å². The van der Waals surface area contributed by atoms with Crippen molar-refractivity contribution in [1.82, 2.24) is 0 Å². The molecule has 0 saturated carbocycles. The minimum Gasteiger partial charge on any atom is -0.385 e. The van der Waals surface area contributed by atoms with E-state index in [1.807, 2.05) is 0 Å². The van der Waals surface area contributed by atoms with Gasteiger partial charge in [0.25, 0.3) is 0 Å². The van der Waals surface area contributed by atoms with Crippen LogP contribution in [0.4, 0.5) is 4.79 Å². The molecule has 0 radical (unpaired) electrons. The summed E-state index contributed by atoms with van der Waals surface area (Å²) in [5.74, 6) is -2.49. The van der Waals surface area contributed by atoms with Gasteiger partial charge in [0.15, 0.2) is 0 Å². The predicted molar refractivity (Wildman–Crippen MR) is 31.8 cm³/mol. The molecule has 7 heteroatoms. The maximum absolute atomic E-state index is 10.3. The Kier molecular flexibility index (Phi) is 4.58. The third-order valence-corrected chi connectivity index (χ3v) is 0.653. The first-order valence-corrected chi connectivity index (χ1v) is 2.77. The summed E-state index contributed by atoms with van der Waals surface area (Å²) in [6.07, 6.45) is -1.58. The molecule has 0 amide bonds. The molecule has 0 unspecified atom stereocenters. The molecule has 0 aliphatic heterocycles. The van der Waals surface area contributed by atoms with E-state index in [0.717, 1.165) is 0 Å². The fourth-order valence-corrected chi connectivity index (χ4v) is 0.271. The molecule has 68 valence electrons. The number of esters is 2. The Balaban J connectivity index is 3.74. The molecule has 0 aromatic carbocycles. The van der Waals surface area contributed by atoms with Crippen molar-refractivity contribution in [2.24, 2.45) is 0 Å². The summed E-state index contributed by atoms with van der Waals surface area (Å²) in [6, 6.07) is 0. The first kappa shape index (κ1) is 10.5. The predicted octanol–water partition coefficient (Wildman–Crippen LogP) is -1.82. The highest BCUT2D eigenvalue weighted by Crippen LogP contribution is 1.86. The van der Waals surface area contributed by atoms with E-state index < -0.39 is 31.3 Å². The van der Waals surface area contributed by atoms with E-state index >= 15 is 0 Å². The van der Waals surface area contributed by atoms with Crippen LogP contribution in [0, 0.1) is 0 Å². The van der Waals surface area contributed by atoms with E-state index in [1.165, 1.54) is 0 Å². The quantitative estimate of drug-likeness (QED) is 0.378. The molecular formula is C5H6O7. The van der Waals surface area contributed by atoms with Gasteiger partial charge in [-0.3, -0.25) is 0 Å². The van der Waals surface area contributed by atoms with E-state index in [0.29, 0.717) is 0 Å². The van der Waals surface area contributed by atoms with Gasteiger partial charge in [-0.05, 0) is 0 Å². The SMILES string of the molecule is O=C(CO)OC(=O)OC(=O)CO. The second-order valence-electron chi connectivity index (χ2n) is 1.51. The van der Waals surface area contributed by atoms with E-state index in [4.69, 9.17) is 10.2 Å². The molecule has 0 saturated heterocycles. The lowest BCUT2D eigenvalue weighted by Gasteiger charge is -1.98. The monoisotopic (exact) mass is 178 g/mol. The number of aliphatic hydroxyl groups excluding tert-OH is 2. The second kappa shape index (κ2) is 5.22. The van der Waals surface area contributed by atoms with Crippen LogP contribution < -0.4 is 0 Å². The number of hydrogen-bond donors (Lipinski definition) is 2. The highest BCUT2D eigenvalue weighted by Gasteiger charge is 2.14. The number of hydrogen-bond acceptors (Lipinski definition) is 7. The maximum atomic E-state index is 10.3. The Morgan fingerprint density at radius 3 is 1.50 bits per heavy atom. The van der Waals surface area contributed by atoms with Crippen molar-refractivity contribution in [2.45, 2.75) is 0 Å². The molecule has 2 N–H and O–H groups in total. The average Bonchev–Trinajstić information content (AvgIpc) is 2.03. The molecule has 0 aliphatic rings. The zero-order valence-corrected chi connectivity index (χ0v) is 5.85. The van der Waals surface area contributed by atoms with Crippen molar-refractivity contribution in [3.63, 3.8) is 0 Å². The third-order valence-electron chi connectivity index (χ3n) is 0.653. The summed E-state index contributed by atoms with van der Waals surface area (Å²) in [4.78, 5) is 30.6. The lowest BCUT2D eigenvalue weighted by molar-refractivity contribution is -0.149. The number of ether oxygens (including phenoxy) is 2. The number of carbonyl (C=O) groups excluding carboxylic acids is 3. The number of carbonyl (C=O) groups is 3. The molecule has 7 nitrogen and oxygen atoms in total. The summed E-state index contributed by atoms with van der Waals surface area (Å²) in [6.45, 7) is -2.00. The Bertz CT molecular complexity index is 176. The van der Waals surface area contributed by atoms with Gasteiger partial charge in [-0.25, -0.2) is 14.4 Å². The van der Waals surface area contributed by atoms with E-state index in [2.05, 4.69) is 9.47 Å². The van der Waals surface area contributed by atoms with E-state index in [-0.39, 0.29) is 0 Å². The molecule has 0 spiro atoms. The van der Waals surface area contributed by atoms with Gasteiger partial charge in [0.05, 0.1) is 0 Å². The van der Waals surface area contributed by atoms with Crippen LogP contribution in [0.2, 0.25) is 0 Å². The Morgan fingerprint density at radius 1 is 0.917 bits per heavy atom. The molecule has 0 aromatic heterocycles. The van der Waals surface area contributed by atoms with Crippen LogP contribution in [0.5, 0.6) is 0 Å². The molecule has 0 fully saturated rings. The van der Waals surface area contributed by atoms with Gasteiger partial charge in [0.1, 0.15) is 13.2 Å². The fourth-order valence-electron chi connectivity index (χ4n) is 0.271. The average molecular weight is 178 g/mol. The van der Waals surface area contributed by atoms with Crippen LogP contribution in [-0.4, -0.2) is 41.5 Å². The summed E-state index contributed by atoms with van der Waals surface area (Å²) < 4.78 is 7.38. The van der Waals surface area contributed by atoms with Crippen LogP contribution in [0.25, 0.3) is 0 Å². The van der Waals surface area contributed by atoms with Gasteiger partial charge in [-0.2, -0.15) is 0 Å².